The summed E-state index contributed by atoms with van der Waals surface area (Å²) in [5, 5.41) is 25.4. The molecule has 3 rings (SSSR count). The summed E-state index contributed by atoms with van der Waals surface area (Å²) in [7, 11) is 2.14. The monoisotopic (exact) mass is 516 g/mol. The Morgan fingerprint density at radius 1 is 1.19 bits per heavy atom. The van der Waals surface area contributed by atoms with Gasteiger partial charge in [-0.25, -0.2) is 0 Å². The molecule has 0 saturated carbocycles. The molecule has 0 saturated heterocycles. The topological polar surface area (TPSA) is 121 Å². The number of rotatable bonds is 12. The molecular weight excluding hydrogens is 480 g/mol. The van der Waals surface area contributed by atoms with E-state index in [1.807, 2.05) is 26.0 Å². The lowest BCUT2D eigenvalue weighted by molar-refractivity contribution is -0.124. The van der Waals surface area contributed by atoms with E-state index < -0.39 is 18.6 Å². The first-order valence-corrected chi connectivity index (χ1v) is 12.8. The van der Waals surface area contributed by atoms with E-state index in [4.69, 9.17) is 14.4 Å². The lowest BCUT2D eigenvalue weighted by Gasteiger charge is -2.18. The molecule has 9 nitrogen and oxygen atoms in total. The third kappa shape index (κ3) is 7.36. The Kier molecular flexibility index (Phi) is 9.61. The Bertz CT molecular complexity index is 1150. The van der Waals surface area contributed by atoms with Gasteiger partial charge in [-0.3, -0.25) is 4.79 Å². The van der Waals surface area contributed by atoms with Crippen molar-refractivity contribution in [3.63, 3.8) is 0 Å². The van der Waals surface area contributed by atoms with Gasteiger partial charge in [-0.1, -0.05) is 19.0 Å². The molecule has 36 heavy (non-hydrogen) atoms. The Balaban J connectivity index is 1.69. The number of benzene rings is 1. The number of hydrogen-bond acceptors (Lipinski definition) is 9. The highest BCUT2D eigenvalue weighted by Gasteiger charge is 2.18. The van der Waals surface area contributed by atoms with Crippen LogP contribution in [-0.2, 0) is 11.3 Å². The summed E-state index contributed by atoms with van der Waals surface area (Å²) in [6, 6.07) is 5.94. The summed E-state index contributed by atoms with van der Waals surface area (Å²) in [4.78, 5) is 20.3. The summed E-state index contributed by atoms with van der Waals surface area (Å²) in [6.45, 7) is 11.7. The molecule has 0 spiro atoms. The SMILES string of the molecule is Cc1cc(-c2nc(-c3cc(C)c(OCC(O)CNC(=O)CO)c(C)c3)no2)sc1CN(C)CC(C)C. The van der Waals surface area contributed by atoms with Gasteiger partial charge in [0.05, 0.1) is 4.88 Å². The minimum Gasteiger partial charge on any atom is -0.490 e. The normalized spacial score (nSPS) is 12.4. The second kappa shape index (κ2) is 12.4. The zero-order valence-corrected chi connectivity index (χ0v) is 22.6. The van der Waals surface area contributed by atoms with E-state index in [2.05, 4.69) is 54.2 Å². The molecule has 10 heteroatoms. The molecule has 196 valence electrons. The molecule has 0 radical (unpaired) electrons. The van der Waals surface area contributed by atoms with Crippen LogP contribution in [0.2, 0.25) is 0 Å². The number of aliphatic hydroxyl groups excluding tert-OH is 2. The van der Waals surface area contributed by atoms with Crippen LogP contribution in [0.3, 0.4) is 0 Å². The zero-order chi connectivity index (χ0) is 26.4. The molecule has 0 aliphatic heterocycles. The Hall–Kier alpha value is -2.79. The van der Waals surface area contributed by atoms with Crippen molar-refractivity contribution < 1.29 is 24.3 Å². The maximum atomic E-state index is 11.1. The van der Waals surface area contributed by atoms with Crippen LogP contribution in [0.15, 0.2) is 22.7 Å². The molecule has 3 N–H and O–H groups in total. The maximum Gasteiger partial charge on any atom is 0.268 e. The van der Waals surface area contributed by atoms with Gasteiger partial charge in [-0.05, 0) is 68.6 Å². The van der Waals surface area contributed by atoms with Crippen molar-refractivity contribution in [2.24, 2.45) is 5.92 Å². The molecule has 3 aromatic rings. The van der Waals surface area contributed by atoms with Gasteiger partial charge in [-0.2, -0.15) is 4.98 Å². The smallest absolute Gasteiger partial charge is 0.268 e. The van der Waals surface area contributed by atoms with Crippen LogP contribution in [0.4, 0.5) is 0 Å². The average Bonchev–Trinajstić information content (AvgIpc) is 3.43. The maximum absolute atomic E-state index is 11.1. The average molecular weight is 517 g/mol. The van der Waals surface area contributed by atoms with E-state index >= 15 is 0 Å². The Morgan fingerprint density at radius 2 is 1.89 bits per heavy atom. The highest BCUT2D eigenvalue weighted by atomic mass is 32.1. The Labute approximate surface area is 216 Å². The van der Waals surface area contributed by atoms with E-state index in [-0.39, 0.29) is 13.2 Å². The second-order valence-electron chi connectivity index (χ2n) is 9.60. The molecule has 0 aliphatic rings. The van der Waals surface area contributed by atoms with E-state index in [0.717, 1.165) is 34.7 Å². The van der Waals surface area contributed by atoms with Crippen LogP contribution in [0.1, 0.15) is 35.4 Å². The van der Waals surface area contributed by atoms with Crippen LogP contribution >= 0.6 is 11.3 Å². The molecule has 1 atom stereocenters. The molecule has 1 aromatic carbocycles. The third-order valence-electron chi connectivity index (χ3n) is 5.56. The summed E-state index contributed by atoms with van der Waals surface area (Å²) < 4.78 is 11.4. The first kappa shape index (κ1) is 27.8. The van der Waals surface area contributed by atoms with Gasteiger partial charge in [0.1, 0.15) is 25.1 Å². The molecule has 0 fully saturated rings. The predicted molar refractivity (Wildman–Crippen MR) is 140 cm³/mol. The number of nitrogens with one attached hydrogen (secondary N) is 1. The molecule has 0 bridgehead atoms. The standard InChI is InChI=1S/C26H36N4O5S/c1-15(2)11-30(6)12-22-16(3)9-21(36-22)26-28-25(29-35-26)19-7-17(4)24(18(5)8-19)34-14-20(32)10-27-23(33)13-31/h7-9,15,20,31-32H,10-14H2,1-6H3,(H,27,33). The minimum absolute atomic E-state index is 0.000862. The van der Waals surface area contributed by atoms with Crippen LogP contribution in [0.25, 0.3) is 22.2 Å². The lowest BCUT2D eigenvalue weighted by Crippen LogP contribution is -2.36. The van der Waals surface area contributed by atoms with Crippen molar-refractivity contribution in [1.29, 1.82) is 0 Å². The number of nitrogens with zero attached hydrogens (tertiary/aromatic N) is 3. The van der Waals surface area contributed by atoms with Crippen LogP contribution in [0.5, 0.6) is 5.75 Å². The number of carbonyl (C=O) groups is 1. The fourth-order valence-electron chi connectivity index (χ4n) is 3.99. The number of ether oxygens (including phenoxy) is 1. The van der Waals surface area contributed by atoms with Gasteiger partial charge in [0.15, 0.2) is 0 Å². The molecule has 1 unspecified atom stereocenters. The molecule has 2 aromatic heterocycles. The fourth-order valence-corrected chi connectivity index (χ4v) is 5.17. The number of thiophene rings is 1. The number of aliphatic hydroxyl groups is 2. The van der Waals surface area contributed by atoms with Gasteiger partial charge in [0.25, 0.3) is 5.89 Å². The van der Waals surface area contributed by atoms with E-state index in [9.17, 15) is 9.90 Å². The highest BCUT2D eigenvalue weighted by Crippen LogP contribution is 2.34. The third-order valence-corrected chi connectivity index (χ3v) is 6.77. The summed E-state index contributed by atoms with van der Waals surface area (Å²) in [6.07, 6.45) is -0.900. The summed E-state index contributed by atoms with van der Waals surface area (Å²) >= 11 is 1.68. The van der Waals surface area contributed by atoms with Crippen LogP contribution in [-0.4, -0.2) is 70.6 Å². The van der Waals surface area contributed by atoms with Crippen molar-refractivity contribution in [3.05, 3.63) is 39.8 Å². The van der Waals surface area contributed by atoms with Crippen molar-refractivity contribution in [1.82, 2.24) is 20.4 Å². The number of aromatic nitrogens is 2. The Morgan fingerprint density at radius 3 is 2.53 bits per heavy atom. The zero-order valence-electron chi connectivity index (χ0n) is 21.8. The van der Waals surface area contributed by atoms with Crippen molar-refractivity contribution >= 4 is 17.2 Å². The number of carbonyl (C=O) groups excluding carboxylic acids is 1. The molecular formula is C26H36N4O5S. The quantitative estimate of drug-likeness (QED) is 0.335. The van der Waals surface area contributed by atoms with Crippen LogP contribution < -0.4 is 10.1 Å². The predicted octanol–water partition coefficient (Wildman–Crippen LogP) is 3.33. The number of aryl methyl sites for hydroxylation is 3. The molecule has 1 amide bonds. The van der Waals surface area contributed by atoms with Gasteiger partial charge in [-0.15, -0.1) is 11.3 Å². The van der Waals surface area contributed by atoms with E-state index in [0.29, 0.717) is 23.4 Å². The lowest BCUT2D eigenvalue weighted by atomic mass is 10.1. The van der Waals surface area contributed by atoms with Gasteiger partial charge in [0.2, 0.25) is 11.7 Å². The minimum atomic E-state index is -0.900. The molecule has 0 aliphatic carbocycles. The van der Waals surface area contributed by atoms with Gasteiger partial charge in [0, 0.05) is 30.1 Å². The van der Waals surface area contributed by atoms with Gasteiger partial charge < -0.3 is 29.7 Å². The fraction of sp³-hybridized carbons (Fsp3) is 0.500. The van der Waals surface area contributed by atoms with Crippen molar-refractivity contribution in [2.45, 2.75) is 47.3 Å². The second-order valence-corrected chi connectivity index (χ2v) is 10.7. The van der Waals surface area contributed by atoms with E-state index in [1.54, 1.807) is 11.3 Å². The van der Waals surface area contributed by atoms with Crippen LogP contribution in [0, 0.1) is 26.7 Å². The number of amides is 1. The van der Waals surface area contributed by atoms with E-state index in [1.165, 1.54) is 10.4 Å². The van der Waals surface area contributed by atoms with Gasteiger partial charge >= 0.3 is 0 Å². The summed E-state index contributed by atoms with van der Waals surface area (Å²) in [5.41, 5.74) is 3.76. The molecule has 2 heterocycles. The first-order valence-electron chi connectivity index (χ1n) is 12.0. The highest BCUT2D eigenvalue weighted by molar-refractivity contribution is 7.15. The van der Waals surface area contributed by atoms with Crippen molar-refractivity contribution in [3.8, 4) is 27.9 Å². The summed E-state index contributed by atoms with van der Waals surface area (Å²) in [5.74, 6) is 1.72. The largest absolute Gasteiger partial charge is 0.490 e. The van der Waals surface area contributed by atoms with Crippen molar-refractivity contribution in [2.75, 3.05) is 33.4 Å². The first-order chi connectivity index (χ1) is 17.1. The number of hydrogen-bond donors (Lipinski definition) is 3.